The SMILES string of the molecule is N[C@H](C(=O)O)c1ccc(C(F)(F)F)cc1C(=O)O. The Hall–Kier alpha value is -2.09. The lowest BCUT2D eigenvalue weighted by Gasteiger charge is -2.13. The summed E-state index contributed by atoms with van der Waals surface area (Å²) in [6.45, 7) is 0. The van der Waals surface area contributed by atoms with Crippen LogP contribution >= 0.6 is 0 Å². The van der Waals surface area contributed by atoms with Crippen LogP contribution in [0.4, 0.5) is 13.2 Å². The smallest absolute Gasteiger partial charge is 0.416 e. The molecule has 0 saturated heterocycles. The summed E-state index contributed by atoms with van der Waals surface area (Å²) >= 11 is 0. The van der Waals surface area contributed by atoms with E-state index in [4.69, 9.17) is 15.9 Å². The van der Waals surface area contributed by atoms with Crippen LogP contribution in [0.25, 0.3) is 0 Å². The largest absolute Gasteiger partial charge is 0.480 e. The zero-order chi connectivity index (χ0) is 14.1. The molecule has 0 bridgehead atoms. The lowest BCUT2D eigenvalue weighted by atomic mass is 9.98. The Morgan fingerprint density at radius 3 is 2.17 bits per heavy atom. The number of nitrogens with two attached hydrogens (primary N) is 1. The third-order valence-electron chi connectivity index (χ3n) is 2.21. The molecular weight excluding hydrogens is 255 g/mol. The van der Waals surface area contributed by atoms with E-state index in [0.29, 0.717) is 12.1 Å². The Bertz CT molecular complexity index is 498. The second-order valence-corrected chi connectivity index (χ2v) is 3.42. The molecule has 1 aromatic carbocycles. The fraction of sp³-hybridized carbons (Fsp3) is 0.200. The Kier molecular flexibility index (Phi) is 3.61. The van der Waals surface area contributed by atoms with E-state index in [0.717, 1.165) is 6.07 Å². The van der Waals surface area contributed by atoms with Gasteiger partial charge < -0.3 is 15.9 Å². The molecule has 0 aliphatic heterocycles. The van der Waals surface area contributed by atoms with Crippen LogP contribution in [0.3, 0.4) is 0 Å². The normalized spacial score (nSPS) is 13.1. The zero-order valence-corrected chi connectivity index (χ0v) is 8.73. The summed E-state index contributed by atoms with van der Waals surface area (Å²) in [4.78, 5) is 21.4. The average Bonchev–Trinajstić information content (AvgIpc) is 2.25. The maximum absolute atomic E-state index is 12.4. The first-order valence-electron chi connectivity index (χ1n) is 4.57. The van der Waals surface area contributed by atoms with Crippen molar-refractivity contribution in [2.45, 2.75) is 12.2 Å². The van der Waals surface area contributed by atoms with E-state index >= 15 is 0 Å². The molecule has 18 heavy (non-hydrogen) atoms. The lowest BCUT2D eigenvalue weighted by molar-refractivity contribution is -0.138. The second kappa shape index (κ2) is 4.65. The summed E-state index contributed by atoms with van der Waals surface area (Å²) in [5.74, 6) is -3.20. The number of aromatic carboxylic acids is 1. The molecule has 0 unspecified atom stereocenters. The van der Waals surface area contributed by atoms with Gasteiger partial charge in [0.05, 0.1) is 11.1 Å². The number of hydrogen-bond donors (Lipinski definition) is 3. The summed E-state index contributed by atoms with van der Waals surface area (Å²) in [5.41, 5.74) is 2.85. The minimum atomic E-state index is -4.71. The maximum Gasteiger partial charge on any atom is 0.416 e. The van der Waals surface area contributed by atoms with Crippen LogP contribution in [0.1, 0.15) is 27.5 Å². The number of benzene rings is 1. The van der Waals surface area contributed by atoms with Crippen LogP contribution < -0.4 is 5.73 Å². The molecule has 0 amide bonds. The van der Waals surface area contributed by atoms with Crippen LogP contribution in [0.5, 0.6) is 0 Å². The Morgan fingerprint density at radius 1 is 1.22 bits per heavy atom. The van der Waals surface area contributed by atoms with Crippen LogP contribution in [0, 0.1) is 0 Å². The first-order chi connectivity index (χ1) is 8.14. The number of halogens is 3. The summed E-state index contributed by atoms with van der Waals surface area (Å²) in [6, 6.07) is 0.00853. The molecule has 1 aromatic rings. The molecule has 0 aliphatic carbocycles. The van der Waals surface area contributed by atoms with Crippen LogP contribution in [-0.2, 0) is 11.0 Å². The van der Waals surface area contributed by atoms with Crippen molar-refractivity contribution < 1.29 is 33.0 Å². The van der Waals surface area contributed by atoms with Crippen molar-refractivity contribution in [3.8, 4) is 0 Å². The quantitative estimate of drug-likeness (QED) is 0.767. The fourth-order valence-electron chi connectivity index (χ4n) is 1.32. The standard InChI is InChI=1S/C10H8F3NO4/c11-10(12,13)4-1-2-5(7(14)9(17)18)6(3-4)8(15)16/h1-3,7H,14H2,(H,15,16)(H,17,18)/t7-/m0/s1. The Balaban J connectivity index is 3.39. The fourth-order valence-corrected chi connectivity index (χ4v) is 1.32. The van der Waals surface area contributed by atoms with Crippen molar-refractivity contribution in [3.63, 3.8) is 0 Å². The molecule has 0 saturated carbocycles. The average molecular weight is 263 g/mol. The monoisotopic (exact) mass is 263 g/mol. The molecule has 0 fully saturated rings. The Morgan fingerprint density at radius 2 is 1.78 bits per heavy atom. The van der Waals surface area contributed by atoms with Gasteiger partial charge in [-0.2, -0.15) is 13.2 Å². The third-order valence-corrected chi connectivity index (χ3v) is 2.21. The second-order valence-electron chi connectivity index (χ2n) is 3.42. The van der Waals surface area contributed by atoms with E-state index in [1.165, 1.54) is 0 Å². The molecule has 0 spiro atoms. The maximum atomic E-state index is 12.4. The molecule has 0 radical (unpaired) electrons. The van der Waals surface area contributed by atoms with E-state index in [9.17, 15) is 22.8 Å². The van der Waals surface area contributed by atoms with Gasteiger partial charge >= 0.3 is 18.1 Å². The van der Waals surface area contributed by atoms with Crippen molar-refractivity contribution in [2.75, 3.05) is 0 Å². The number of carboxylic acid groups (broad SMARTS) is 2. The van der Waals surface area contributed by atoms with E-state index in [1.54, 1.807) is 0 Å². The highest BCUT2D eigenvalue weighted by Crippen LogP contribution is 2.31. The third kappa shape index (κ3) is 2.77. The topological polar surface area (TPSA) is 101 Å². The number of rotatable bonds is 3. The van der Waals surface area contributed by atoms with Gasteiger partial charge in [0.15, 0.2) is 0 Å². The molecule has 5 nitrogen and oxygen atoms in total. The van der Waals surface area contributed by atoms with Gasteiger partial charge in [0, 0.05) is 0 Å². The molecule has 98 valence electrons. The predicted molar refractivity (Wildman–Crippen MR) is 53.0 cm³/mol. The van der Waals surface area contributed by atoms with Gasteiger partial charge in [-0.15, -0.1) is 0 Å². The van der Waals surface area contributed by atoms with Gasteiger partial charge in [-0.05, 0) is 17.7 Å². The van der Waals surface area contributed by atoms with Gasteiger partial charge in [0.1, 0.15) is 6.04 Å². The Labute approximate surface area is 98.6 Å². The summed E-state index contributed by atoms with van der Waals surface area (Å²) in [5, 5.41) is 17.4. The molecule has 1 atom stereocenters. The predicted octanol–water partition coefficient (Wildman–Crippen LogP) is 1.49. The van der Waals surface area contributed by atoms with Crippen molar-refractivity contribution in [3.05, 3.63) is 34.9 Å². The number of alkyl halides is 3. The van der Waals surface area contributed by atoms with E-state index in [1.807, 2.05) is 0 Å². The number of carbonyl (C=O) groups is 2. The van der Waals surface area contributed by atoms with Crippen LogP contribution in [0.2, 0.25) is 0 Å². The van der Waals surface area contributed by atoms with Crippen molar-refractivity contribution in [1.82, 2.24) is 0 Å². The molecular formula is C10H8F3NO4. The number of carboxylic acids is 2. The van der Waals surface area contributed by atoms with Gasteiger partial charge in [0.25, 0.3) is 0 Å². The van der Waals surface area contributed by atoms with Gasteiger partial charge in [-0.3, -0.25) is 4.79 Å². The number of aliphatic carboxylic acids is 1. The van der Waals surface area contributed by atoms with Gasteiger partial charge in [-0.25, -0.2) is 4.79 Å². The van der Waals surface area contributed by atoms with Crippen molar-refractivity contribution in [1.29, 1.82) is 0 Å². The van der Waals surface area contributed by atoms with Crippen molar-refractivity contribution >= 4 is 11.9 Å². The lowest BCUT2D eigenvalue weighted by Crippen LogP contribution is -2.23. The number of hydrogen-bond acceptors (Lipinski definition) is 3. The minimum absolute atomic E-state index is 0.362. The van der Waals surface area contributed by atoms with Crippen molar-refractivity contribution in [2.24, 2.45) is 5.73 Å². The van der Waals surface area contributed by atoms with Crippen LogP contribution in [-0.4, -0.2) is 22.2 Å². The molecule has 0 aromatic heterocycles. The van der Waals surface area contributed by atoms with Gasteiger partial charge in [0.2, 0.25) is 0 Å². The zero-order valence-electron chi connectivity index (χ0n) is 8.73. The summed E-state index contributed by atoms with van der Waals surface area (Å²) in [7, 11) is 0. The first kappa shape index (κ1) is 14.0. The molecule has 0 heterocycles. The highest BCUT2D eigenvalue weighted by Gasteiger charge is 2.33. The highest BCUT2D eigenvalue weighted by atomic mass is 19.4. The van der Waals surface area contributed by atoms with Crippen LogP contribution in [0.15, 0.2) is 18.2 Å². The van der Waals surface area contributed by atoms with E-state index < -0.39 is 35.3 Å². The van der Waals surface area contributed by atoms with E-state index in [-0.39, 0.29) is 5.56 Å². The highest BCUT2D eigenvalue weighted by molar-refractivity contribution is 5.92. The first-order valence-corrected chi connectivity index (χ1v) is 4.57. The molecule has 1 rings (SSSR count). The summed E-state index contributed by atoms with van der Waals surface area (Å²) in [6.07, 6.45) is -4.71. The molecule has 0 aliphatic rings. The van der Waals surface area contributed by atoms with E-state index in [2.05, 4.69) is 0 Å². The molecule has 4 N–H and O–H groups in total. The van der Waals surface area contributed by atoms with Gasteiger partial charge in [-0.1, -0.05) is 6.07 Å². The molecule has 8 heteroatoms. The minimum Gasteiger partial charge on any atom is -0.480 e. The summed E-state index contributed by atoms with van der Waals surface area (Å²) < 4.78 is 37.1.